The van der Waals surface area contributed by atoms with Gasteiger partial charge in [0.2, 0.25) is 0 Å². The number of allylic oxidation sites excluding steroid dienone is 2. The van der Waals surface area contributed by atoms with Crippen molar-refractivity contribution in [2.24, 2.45) is 21.7 Å². The standard InChI is InChI=1S/C20H8N8S2/c21-5-17(6-22)3-1-13-15(19(17,9-25)10-26)30-16-14(29-13)2-4-18(7-23,8-24)20(16,11-27)12-28/h1-2,15-16H,3-4H2. The monoisotopic (exact) mass is 424 g/mol. The Labute approximate surface area is 181 Å². The van der Waals surface area contributed by atoms with Crippen LogP contribution in [0.15, 0.2) is 22.0 Å². The zero-order valence-corrected chi connectivity index (χ0v) is 16.8. The van der Waals surface area contributed by atoms with E-state index in [9.17, 15) is 42.1 Å². The van der Waals surface area contributed by atoms with E-state index in [2.05, 4.69) is 0 Å². The van der Waals surface area contributed by atoms with Gasteiger partial charge < -0.3 is 0 Å². The van der Waals surface area contributed by atoms with Crippen LogP contribution in [0, 0.1) is 112 Å². The Kier molecular flexibility index (Phi) is 4.76. The molecular weight excluding hydrogens is 416 g/mol. The van der Waals surface area contributed by atoms with Gasteiger partial charge in [-0.25, -0.2) is 0 Å². The Morgan fingerprint density at radius 1 is 0.600 bits per heavy atom. The van der Waals surface area contributed by atoms with E-state index in [0.717, 1.165) is 11.8 Å². The van der Waals surface area contributed by atoms with Gasteiger partial charge in [-0.2, -0.15) is 42.1 Å². The maximum absolute atomic E-state index is 9.94. The summed E-state index contributed by atoms with van der Waals surface area (Å²) >= 11 is 2.09. The Bertz CT molecular complexity index is 1080. The predicted molar refractivity (Wildman–Crippen MR) is 103 cm³/mol. The molecule has 2 unspecified atom stereocenters. The number of fused-ring (bicyclic) bond motifs is 2. The van der Waals surface area contributed by atoms with E-state index in [1.165, 1.54) is 11.8 Å². The van der Waals surface area contributed by atoms with Gasteiger partial charge in [-0.15, -0.1) is 11.8 Å². The van der Waals surface area contributed by atoms with Gasteiger partial charge in [0.15, 0.2) is 21.7 Å². The van der Waals surface area contributed by atoms with Gasteiger partial charge in [0.05, 0.1) is 59.1 Å². The first-order valence-corrected chi connectivity index (χ1v) is 10.2. The van der Waals surface area contributed by atoms with E-state index in [4.69, 9.17) is 0 Å². The van der Waals surface area contributed by atoms with Crippen LogP contribution in [0.5, 0.6) is 0 Å². The van der Waals surface area contributed by atoms with Crippen LogP contribution < -0.4 is 0 Å². The lowest BCUT2D eigenvalue weighted by Gasteiger charge is -2.50. The molecule has 0 spiro atoms. The SMILES string of the molecule is N#CC1(C#N)CC=C2SC3=CCC(C#N)(C#N)C(C#N)(C#N)C3SC2C1(C#N)C#N. The summed E-state index contributed by atoms with van der Waals surface area (Å²) in [6.07, 6.45) is 3.05. The first-order chi connectivity index (χ1) is 14.4. The molecule has 0 saturated carbocycles. The zero-order chi connectivity index (χ0) is 22.2. The smallest absolute Gasteiger partial charge is 0.191 e. The molecule has 10 heteroatoms. The molecule has 30 heavy (non-hydrogen) atoms. The number of rotatable bonds is 0. The summed E-state index contributed by atoms with van der Waals surface area (Å²) in [5.41, 5.74) is -7.98. The zero-order valence-electron chi connectivity index (χ0n) is 15.1. The quantitative estimate of drug-likeness (QED) is 0.558. The molecule has 140 valence electrons. The summed E-state index contributed by atoms with van der Waals surface area (Å²) in [4.78, 5) is 1.16. The molecule has 1 fully saturated rings. The van der Waals surface area contributed by atoms with Gasteiger partial charge in [0.25, 0.3) is 0 Å². The molecule has 0 N–H and O–H groups in total. The van der Waals surface area contributed by atoms with Gasteiger partial charge >= 0.3 is 0 Å². The molecule has 3 aliphatic rings. The van der Waals surface area contributed by atoms with Gasteiger partial charge in [0, 0.05) is 22.7 Å². The molecule has 3 rings (SSSR count). The van der Waals surface area contributed by atoms with Crippen LogP contribution in [0.1, 0.15) is 12.8 Å². The second-order valence-corrected chi connectivity index (χ2v) is 9.30. The van der Waals surface area contributed by atoms with Crippen molar-refractivity contribution in [3.8, 4) is 48.6 Å². The molecule has 8 nitrogen and oxygen atoms in total. The summed E-state index contributed by atoms with van der Waals surface area (Å²) < 4.78 is 0. The molecule has 0 radical (unpaired) electrons. The fourth-order valence-corrected chi connectivity index (χ4v) is 7.52. The van der Waals surface area contributed by atoms with E-state index >= 15 is 0 Å². The van der Waals surface area contributed by atoms with Crippen molar-refractivity contribution >= 4 is 23.5 Å². The first kappa shape index (κ1) is 20.8. The highest BCUT2D eigenvalue weighted by atomic mass is 32.2. The topological polar surface area (TPSA) is 190 Å². The number of nitrogens with zero attached hydrogens (tertiary/aromatic N) is 8. The minimum absolute atomic E-state index is 0.111. The van der Waals surface area contributed by atoms with Crippen LogP contribution >= 0.6 is 23.5 Å². The van der Waals surface area contributed by atoms with Crippen LogP contribution in [0.3, 0.4) is 0 Å². The second kappa shape index (κ2) is 6.86. The van der Waals surface area contributed by atoms with Crippen LogP contribution in [0.25, 0.3) is 0 Å². The lowest BCUT2D eigenvalue weighted by Crippen LogP contribution is -2.54. The fourth-order valence-electron chi connectivity index (χ4n) is 3.97. The molecule has 0 aromatic heterocycles. The van der Waals surface area contributed by atoms with Gasteiger partial charge in [0.1, 0.15) is 0 Å². The average molecular weight is 424 g/mol. The van der Waals surface area contributed by atoms with E-state index in [1.807, 2.05) is 48.6 Å². The summed E-state index contributed by atoms with van der Waals surface area (Å²) in [6, 6.07) is 14.8. The highest BCUT2D eigenvalue weighted by Gasteiger charge is 2.68. The Hall–Kier alpha value is -3.90. The molecule has 0 aromatic carbocycles. The molecule has 1 saturated heterocycles. The summed E-state index contributed by atoms with van der Waals surface area (Å²) in [6.45, 7) is 0. The molecular formula is C20H8N8S2. The Morgan fingerprint density at radius 3 is 1.20 bits per heavy atom. The van der Waals surface area contributed by atoms with Crippen molar-refractivity contribution in [3.05, 3.63) is 22.0 Å². The molecule has 0 amide bonds. The first-order valence-electron chi connectivity index (χ1n) is 8.42. The van der Waals surface area contributed by atoms with Crippen molar-refractivity contribution in [1.82, 2.24) is 0 Å². The fraction of sp³-hybridized carbons (Fsp3) is 0.400. The van der Waals surface area contributed by atoms with Crippen LogP contribution in [0.2, 0.25) is 0 Å². The lowest BCUT2D eigenvalue weighted by molar-refractivity contribution is 0.281. The molecule has 2 aliphatic carbocycles. The van der Waals surface area contributed by atoms with E-state index in [1.54, 1.807) is 12.2 Å². The minimum atomic E-state index is -2.06. The minimum Gasteiger partial charge on any atom is -0.196 e. The summed E-state index contributed by atoms with van der Waals surface area (Å²) in [5.74, 6) is 0. The molecule has 0 aromatic rings. The van der Waals surface area contributed by atoms with Gasteiger partial charge in [-0.1, -0.05) is 23.9 Å². The van der Waals surface area contributed by atoms with Crippen molar-refractivity contribution in [1.29, 1.82) is 42.1 Å². The van der Waals surface area contributed by atoms with Crippen molar-refractivity contribution in [2.45, 2.75) is 23.3 Å². The molecule has 1 heterocycles. The molecule has 1 aliphatic heterocycles. The average Bonchev–Trinajstić information content (AvgIpc) is 2.81. The third-order valence-electron chi connectivity index (χ3n) is 5.85. The highest BCUT2D eigenvalue weighted by Crippen LogP contribution is 2.66. The second-order valence-electron chi connectivity index (χ2n) is 6.94. The highest BCUT2D eigenvalue weighted by molar-refractivity contribution is 8.12. The van der Waals surface area contributed by atoms with Crippen LogP contribution in [-0.4, -0.2) is 10.5 Å². The predicted octanol–water partition coefficient (Wildman–Crippen LogP) is 2.91. The van der Waals surface area contributed by atoms with Crippen molar-refractivity contribution < 1.29 is 0 Å². The molecule has 2 atom stereocenters. The van der Waals surface area contributed by atoms with Crippen LogP contribution in [0.4, 0.5) is 0 Å². The number of nitriles is 8. The van der Waals surface area contributed by atoms with Gasteiger partial charge in [-0.3, -0.25) is 0 Å². The number of hydrogen-bond donors (Lipinski definition) is 0. The maximum atomic E-state index is 9.94. The van der Waals surface area contributed by atoms with Crippen molar-refractivity contribution in [2.75, 3.05) is 0 Å². The largest absolute Gasteiger partial charge is 0.196 e. The third kappa shape index (κ3) is 2.11. The van der Waals surface area contributed by atoms with Gasteiger partial charge in [-0.05, 0) is 0 Å². The number of hydrogen-bond acceptors (Lipinski definition) is 10. The van der Waals surface area contributed by atoms with Crippen molar-refractivity contribution in [3.63, 3.8) is 0 Å². The van der Waals surface area contributed by atoms with E-state index < -0.39 is 32.2 Å². The Morgan fingerprint density at radius 2 is 0.933 bits per heavy atom. The van der Waals surface area contributed by atoms with Crippen LogP contribution in [-0.2, 0) is 0 Å². The summed E-state index contributed by atoms with van der Waals surface area (Å²) in [5, 5.41) is 76.5. The number of thioether (sulfide) groups is 2. The third-order valence-corrected chi connectivity index (χ3v) is 9.18. The normalized spacial score (nSPS) is 28.0. The summed E-state index contributed by atoms with van der Waals surface area (Å²) in [7, 11) is 0. The maximum Gasteiger partial charge on any atom is 0.191 e. The molecule has 0 bridgehead atoms. The lowest BCUT2D eigenvalue weighted by atomic mass is 9.59. The Balaban J connectivity index is 2.28. The van der Waals surface area contributed by atoms with E-state index in [0.29, 0.717) is 9.81 Å². The van der Waals surface area contributed by atoms with E-state index in [-0.39, 0.29) is 12.8 Å².